The van der Waals surface area contributed by atoms with Gasteiger partial charge in [-0.15, -0.1) is 11.3 Å². The van der Waals surface area contributed by atoms with Crippen molar-refractivity contribution in [3.8, 4) is 5.75 Å². The maximum absolute atomic E-state index is 11.5. The highest BCUT2D eigenvalue weighted by Crippen LogP contribution is 2.41. The first kappa shape index (κ1) is 18.2. The van der Waals surface area contributed by atoms with E-state index in [-0.39, 0.29) is 12.0 Å². The molecule has 3 rings (SSSR count). The van der Waals surface area contributed by atoms with Crippen molar-refractivity contribution in [3.63, 3.8) is 0 Å². The van der Waals surface area contributed by atoms with Crippen molar-refractivity contribution >= 4 is 28.9 Å². The molecule has 4 nitrogen and oxygen atoms in total. The summed E-state index contributed by atoms with van der Waals surface area (Å²) in [6, 6.07) is 7.69. The van der Waals surface area contributed by atoms with Gasteiger partial charge in [-0.05, 0) is 61.5 Å². The molecule has 0 aliphatic carbocycles. The fourth-order valence-electron chi connectivity index (χ4n) is 3.53. The highest BCUT2D eigenvalue weighted by Gasteiger charge is 2.33. The number of carboxylic acids is 1. The maximum atomic E-state index is 11.5. The van der Waals surface area contributed by atoms with E-state index in [2.05, 4.69) is 23.3 Å². The van der Waals surface area contributed by atoms with Crippen molar-refractivity contribution in [2.45, 2.75) is 25.8 Å². The number of thiophene rings is 1. The number of hydrogen-bond donors (Lipinski definition) is 1. The van der Waals surface area contributed by atoms with Crippen molar-refractivity contribution < 1.29 is 14.6 Å². The van der Waals surface area contributed by atoms with Gasteiger partial charge in [0.15, 0.2) is 0 Å². The molecule has 1 saturated heterocycles. The Morgan fingerprint density at radius 3 is 2.88 bits per heavy atom. The van der Waals surface area contributed by atoms with Gasteiger partial charge in [0.2, 0.25) is 0 Å². The molecule has 2 atom stereocenters. The molecule has 134 valence electrons. The molecule has 0 bridgehead atoms. The van der Waals surface area contributed by atoms with Crippen molar-refractivity contribution in [3.05, 3.63) is 50.7 Å². The molecule has 0 amide bonds. The van der Waals surface area contributed by atoms with Gasteiger partial charge in [-0.3, -0.25) is 9.69 Å². The van der Waals surface area contributed by atoms with E-state index in [9.17, 15) is 9.90 Å². The topological polar surface area (TPSA) is 49.8 Å². The summed E-state index contributed by atoms with van der Waals surface area (Å²) in [5.41, 5.74) is 2.20. The van der Waals surface area contributed by atoms with Crippen LogP contribution in [-0.4, -0.2) is 36.2 Å². The fourth-order valence-corrected chi connectivity index (χ4v) is 4.79. The molecule has 1 aliphatic rings. The number of nitrogens with zero attached hydrogens (tertiary/aromatic N) is 1. The van der Waals surface area contributed by atoms with E-state index in [1.54, 1.807) is 18.4 Å². The lowest BCUT2D eigenvalue weighted by Gasteiger charge is -2.37. The van der Waals surface area contributed by atoms with Gasteiger partial charge in [-0.1, -0.05) is 11.6 Å². The number of piperidine rings is 1. The molecule has 2 aromatic rings. The third-order valence-corrected chi connectivity index (χ3v) is 6.11. The summed E-state index contributed by atoms with van der Waals surface area (Å²) >= 11 is 7.97. The number of methoxy groups -OCH3 is 1. The average molecular weight is 380 g/mol. The smallest absolute Gasteiger partial charge is 0.307 e. The van der Waals surface area contributed by atoms with Crippen LogP contribution in [0.4, 0.5) is 0 Å². The Hall–Kier alpha value is -1.56. The van der Waals surface area contributed by atoms with E-state index in [0.717, 1.165) is 30.7 Å². The zero-order valence-electron chi connectivity index (χ0n) is 14.4. The van der Waals surface area contributed by atoms with Crippen LogP contribution in [0.3, 0.4) is 0 Å². The second kappa shape index (κ2) is 7.77. The van der Waals surface area contributed by atoms with E-state index in [4.69, 9.17) is 16.3 Å². The summed E-state index contributed by atoms with van der Waals surface area (Å²) in [5.74, 6) is -0.272. The van der Waals surface area contributed by atoms with Gasteiger partial charge in [-0.2, -0.15) is 0 Å². The molecule has 2 unspecified atom stereocenters. The normalized spacial score (nSPS) is 19.6. The van der Waals surface area contributed by atoms with Gasteiger partial charge >= 0.3 is 5.97 Å². The van der Waals surface area contributed by atoms with E-state index in [1.165, 1.54) is 10.4 Å². The maximum Gasteiger partial charge on any atom is 0.307 e. The first-order valence-electron chi connectivity index (χ1n) is 8.35. The van der Waals surface area contributed by atoms with Crippen LogP contribution in [0.25, 0.3) is 0 Å². The molecular formula is C19H22ClNO3S. The van der Waals surface area contributed by atoms with Crippen LogP contribution < -0.4 is 4.74 Å². The van der Waals surface area contributed by atoms with Crippen molar-refractivity contribution in [1.82, 2.24) is 4.90 Å². The van der Waals surface area contributed by atoms with Crippen LogP contribution in [0.1, 0.15) is 34.9 Å². The van der Waals surface area contributed by atoms with E-state index in [1.807, 2.05) is 18.2 Å². The molecule has 1 aliphatic heterocycles. The number of carbonyl (C=O) groups is 1. The number of halogens is 1. The quantitative estimate of drug-likeness (QED) is 0.824. The summed E-state index contributed by atoms with van der Waals surface area (Å²) in [6.45, 7) is 3.49. The van der Waals surface area contributed by atoms with Crippen LogP contribution in [-0.2, 0) is 4.79 Å². The van der Waals surface area contributed by atoms with E-state index < -0.39 is 5.97 Å². The predicted octanol–water partition coefficient (Wildman–Crippen LogP) is 4.60. The lowest BCUT2D eigenvalue weighted by Crippen LogP contribution is -2.41. The minimum Gasteiger partial charge on any atom is -0.496 e. The molecule has 25 heavy (non-hydrogen) atoms. The van der Waals surface area contributed by atoms with Crippen molar-refractivity contribution in [2.24, 2.45) is 5.92 Å². The third-order valence-electron chi connectivity index (χ3n) is 4.80. The molecule has 0 spiro atoms. The Balaban J connectivity index is 2.07. The van der Waals surface area contributed by atoms with Gasteiger partial charge in [0.05, 0.1) is 19.1 Å². The number of aryl methyl sites for hydroxylation is 1. The van der Waals surface area contributed by atoms with Crippen molar-refractivity contribution in [1.29, 1.82) is 0 Å². The lowest BCUT2D eigenvalue weighted by molar-refractivity contribution is -0.143. The zero-order valence-corrected chi connectivity index (χ0v) is 15.9. The Morgan fingerprint density at radius 2 is 2.24 bits per heavy atom. The molecule has 1 aromatic heterocycles. The number of carboxylic acid groups (broad SMARTS) is 1. The number of benzene rings is 1. The molecule has 1 aromatic carbocycles. The van der Waals surface area contributed by atoms with Gasteiger partial charge in [0.1, 0.15) is 5.75 Å². The Labute approximate surface area is 157 Å². The van der Waals surface area contributed by atoms with Crippen LogP contribution in [0.15, 0.2) is 29.6 Å². The second-order valence-electron chi connectivity index (χ2n) is 6.43. The van der Waals surface area contributed by atoms with Gasteiger partial charge in [0.25, 0.3) is 0 Å². The standard InChI is InChI=1S/C19H22ClNO3S/c1-12-7-9-25-18(12)17(15-10-14(20)5-6-16(15)24-2)21-8-3-4-13(11-21)19(22)23/h5-7,9-10,13,17H,3-4,8,11H2,1-2H3,(H,22,23). The third kappa shape index (κ3) is 3.84. The highest BCUT2D eigenvalue weighted by atomic mass is 35.5. The highest BCUT2D eigenvalue weighted by molar-refractivity contribution is 7.10. The van der Waals surface area contributed by atoms with E-state index in [0.29, 0.717) is 11.6 Å². The predicted molar refractivity (Wildman–Crippen MR) is 101 cm³/mol. The summed E-state index contributed by atoms with van der Waals surface area (Å²) in [7, 11) is 1.65. The minimum atomic E-state index is -0.718. The summed E-state index contributed by atoms with van der Waals surface area (Å²) in [5, 5.41) is 12.2. The van der Waals surface area contributed by atoms with Gasteiger partial charge < -0.3 is 9.84 Å². The first-order chi connectivity index (χ1) is 12.0. The second-order valence-corrected chi connectivity index (χ2v) is 7.81. The average Bonchev–Trinajstić information content (AvgIpc) is 3.01. The van der Waals surface area contributed by atoms with Crippen LogP contribution >= 0.6 is 22.9 Å². The van der Waals surface area contributed by atoms with Crippen LogP contribution in [0.5, 0.6) is 5.75 Å². The fraction of sp³-hybridized carbons (Fsp3) is 0.421. The van der Waals surface area contributed by atoms with Crippen LogP contribution in [0.2, 0.25) is 5.02 Å². The van der Waals surface area contributed by atoms with E-state index >= 15 is 0 Å². The Morgan fingerprint density at radius 1 is 1.44 bits per heavy atom. The molecule has 1 fully saturated rings. The number of aliphatic carboxylic acids is 1. The molecular weight excluding hydrogens is 358 g/mol. The zero-order chi connectivity index (χ0) is 18.0. The summed E-state index contributed by atoms with van der Waals surface area (Å²) in [6.07, 6.45) is 1.61. The summed E-state index contributed by atoms with van der Waals surface area (Å²) < 4.78 is 5.59. The molecule has 0 saturated carbocycles. The van der Waals surface area contributed by atoms with Gasteiger partial charge in [-0.25, -0.2) is 0 Å². The number of likely N-dealkylation sites (tertiary alicyclic amines) is 1. The molecule has 6 heteroatoms. The summed E-state index contributed by atoms with van der Waals surface area (Å²) in [4.78, 5) is 15.0. The SMILES string of the molecule is COc1ccc(Cl)cc1C(c1sccc1C)N1CCCC(C(=O)O)C1. The van der Waals surface area contributed by atoms with Crippen molar-refractivity contribution in [2.75, 3.05) is 20.2 Å². The largest absolute Gasteiger partial charge is 0.496 e. The Bertz CT molecular complexity index is 761. The van der Waals surface area contributed by atoms with Crippen LogP contribution in [0, 0.1) is 12.8 Å². The lowest BCUT2D eigenvalue weighted by atomic mass is 9.93. The molecule has 0 radical (unpaired) electrons. The minimum absolute atomic E-state index is 0.0456. The number of rotatable bonds is 5. The Kier molecular flexibility index (Phi) is 5.67. The number of hydrogen-bond acceptors (Lipinski definition) is 4. The first-order valence-corrected chi connectivity index (χ1v) is 9.61. The number of ether oxygens (including phenoxy) is 1. The molecule has 2 heterocycles. The molecule has 1 N–H and O–H groups in total. The monoisotopic (exact) mass is 379 g/mol. The van der Waals surface area contributed by atoms with Gasteiger partial charge in [0, 0.05) is 22.0 Å².